The van der Waals surface area contributed by atoms with Crippen molar-refractivity contribution in [2.45, 2.75) is 21.2 Å². The lowest BCUT2D eigenvalue weighted by molar-refractivity contribution is 0.446. The van der Waals surface area contributed by atoms with E-state index in [-0.39, 0.29) is 28.2 Å². The quantitative estimate of drug-likeness (QED) is 0.208. The zero-order valence-electron chi connectivity index (χ0n) is 18.2. The summed E-state index contributed by atoms with van der Waals surface area (Å²) in [6.45, 7) is 0.140. The molecule has 0 fully saturated rings. The van der Waals surface area contributed by atoms with Gasteiger partial charge in [-0.05, 0) is 66.4 Å². The number of halogens is 2. The van der Waals surface area contributed by atoms with Crippen LogP contribution in [0.25, 0.3) is 21.9 Å². The van der Waals surface area contributed by atoms with Gasteiger partial charge >= 0.3 is 5.63 Å². The van der Waals surface area contributed by atoms with E-state index in [0.29, 0.717) is 26.4 Å². The topological polar surface area (TPSA) is 72.4 Å². The first-order valence-corrected chi connectivity index (χ1v) is 12.9. The van der Waals surface area contributed by atoms with Crippen LogP contribution in [0.2, 0.25) is 5.02 Å². The molecule has 9 heteroatoms. The lowest BCUT2D eigenvalue weighted by atomic mass is 10.1. The second-order valence-electron chi connectivity index (χ2n) is 7.73. The molecule has 1 N–H and O–H groups in total. The molecule has 5 aromatic rings. The molecule has 35 heavy (non-hydrogen) atoms. The fraction of sp³-hybridized carbons (Fsp3) is 0.0769. The van der Waals surface area contributed by atoms with Crippen molar-refractivity contribution < 1.29 is 13.9 Å². The third kappa shape index (κ3) is 4.45. The molecule has 0 aliphatic heterocycles. The van der Waals surface area contributed by atoms with Gasteiger partial charge in [0.05, 0.1) is 12.1 Å². The second-order valence-corrected chi connectivity index (χ2v) is 10.1. The second kappa shape index (κ2) is 9.45. The highest BCUT2D eigenvalue weighted by Gasteiger charge is 2.22. The number of rotatable bonds is 5. The number of nitrogens with zero attached hydrogens (tertiary/aromatic N) is 1. The number of thioether (sulfide) groups is 1. The Hall–Kier alpha value is -3.20. The largest absolute Gasteiger partial charge is 0.505 e. The van der Waals surface area contributed by atoms with Crippen LogP contribution in [-0.4, -0.2) is 15.9 Å². The van der Waals surface area contributed by atoms with Crippen LogP contribution < -0.4 is 11.2 Å². The highest BCUT2D eigenvalue weighted by atomic mass is 35.5. The van der Waals surface area contributed by atoms with Gasteiger partial charge < -0.3 is 14.1 Å². The van der Waals surface area contributed by atoms with Crippen LogP contribution in [-0.2, 0) is 6.54 Å². The Morgan fingerprint density at radius 1 is 1.00 bits per heavy atom. The van der Waals surface area contributed by atoms with Crippen molar-refractivity contribution in [3.63, 3.8) is 0 Å². The molecular formula is C26H17ClFNO4S2. The highest BCUT2D eigenvalue weighted by Crippen LogP contribution is 2.38. The number of aromatic nitrogens is 1. The van der Waals surface area contributed by atoms with Crippen molar-refractivity contribution in [2.75, 3.05) is 6.26 Å². The zero-order chi connectivity index (χ0) is 24.7. The molecule has 2 aromatic heterocycles. The van der Waals surface area contributed by atoms with Crippen molar-refractivity contribution in [3.8, 4) is 5.75 Å². The van der Waals surface area contributed by atoms with Crippen LogP contribution in [0, 0.1) is 5.82 Å². The van der Waals surface area contributed by atoms with E-state index in [4.69, 9.17) is 16.0 Å². The van der Waals surface area contributed by atoms with Gasteiger partial charge in [-0.3, -0.25) is 4.79 Å². The maximum absolute atomic E-state index is 13.7. The zero-order valence-corrected chi connectivity index (χ0v) is 20.6. The normalized spacial score (nSPS) is 11.4. The molecule has 0 radical (unpaired) electrons. The minimum atomic E-state index is -0.749. The molecule has 0 saturated carbocycles. The molecule has 3 aromatic carbocycles. The SMILES string of the molecule is CSc1ccc2c3oc(=O)c(Sc4ccc(Cl)cc4)c(O)c3c(=O)n(Cc3ccc(F)cc3)c2c1. The van der Waals surface area contributed by atoms with Gasteiger partial charge in [-0.1, -0.05) is 35.5 Å². The summed E-state index contributed by atoms with van der Waals surface area (Å²) in [7, 11) is 0. The average Bonchev–Trinajstić information content (AvgIpc) is 2.86. The minimum absolute atomic E-state index is 0.0240. The maximum atomic E-state index is 13.7. The van der Waals surface area contributed by atoms with Crippen LogP contribution in [0.3, 0.4) is 0 Å². The summed E-state index contributed by atoms with van der Waals surface area (Å²) in [5, 5.41) is 12.1. The molecule has 0 aliphatic rings. The smallest absolute Gasteiger partial charge is 0.354 e. The van der Waals surface area contributed by atoms with E-state index >= 15 is 0 Å². The molecule has 2 heterocycles. The van der Waals surface area contributed by atoms with E-state index in [9.17, 15) is 19.1 Å². The molecule has 176 valence electrons. The Balaban J connectivity index is 1.78. The van der Waals surface area contributed by atoms with E-state index in [1.807, 2.05) is 18.4 Å². The van der Waals surface area contributed by atoms with Crippen molar-refractivity contribution in [3.05, 3.63) is 104 Å². The maximum Gasteiger partial charge on any atom is 0.354 e. The fourth-order valence-corrected chi connectivity index (χ4v) is 5.23. The van der Waals surface area contributed by atoms with E-state index in [1.165, 1.54) is 28.5 Å². The lowest BCUT2D eigenvalue weighted by Crippen LogP contribution is -2.23. The molecule has 0 unspecified atom stereocenters. The third-order valence-corrected chi connectivity index (χ3v) is 7.60. The van der Waals surface area contributed by atoms with Crippen molar-refractivity contribution >= 4 is 57.0 Å². The van der Waals surface area contributed by atoms with Crippen LogP contribution in [0.15, 0.2) is 95.4 Å². The number of hydrogen-bond acceptors (Lipinski definition) is 6. The predicted molar refractivity (Wildman–Crippen MR) is 139 cm³/mol. The predicted octanol–water partition coefficient (Wildman–Crippen LogP) is 6.53. The van der Waals surface area contributed by atoms with E-state index in [0.717, 1.165) is 16.7 Å². The Morgan fingerprint density at radius 2 is 1.69 bits per heavy atom. The summed E-state index contributed by atoms with van der Waals surface area (Å²) in [5.74, 6) is -0.817. The van der Waals surface area contributed by atoms with Gasteiger partial charge in [0, 0.05) is 20.2 Å². The molecule has 0 aliphatic carbocycles. The molecule has 0 bridgehead atoms. The van der Waals surface area contributed by atoms with Crippen LogP contribution in [0.1, 0.15) is 5.56 Å². The molecule has 0 amide bonds. The first-order chi connectivity index (χ1) is 16.9. The van der Waals surface area contributed by atoms with Gasteiger partial charge in [0.25, 0.3) is 5.56 Å². The molecule has 0 atom stereocenters. The van der Waals surface area contributed by atoms with Crippen molar-refractivity contribution in [2.24, 2.45) is 0 Å². The van der Waals surface area contributed by atoms with E-state index in [1.54, 1.807) is 42.5 Å². The van der Waals surface area contributed by atoms with Gasteiger partial charge in [0.2, 0.25) is 0 Å². The first kappa shape index (κ1) is 23.5. The summed E-state index contributed by atoms with van der Waals surface area (Å²) in [6, 6.07) is 18.0. The third-order valence-electron chi connectivity index (χ3n) is 5.55. The highest BCUT2D eigenvalue weighted by molar-refractivity contribution is 7.99. The number of aromatic hydroxyl groups is 1. The van der Waals surface area contributed by atoms with Gasteiger partial charge in [-0.15, -0.1) is 11.8 Å². The summed E-state index contributed by atoms with van der Waals surface area (Å²) >= 11 is 8.43. The fourth-order valence-electron chi connectivity index (χ4n) is 3.83. The lowest BCUT2D eigenvalue weighted by Gasteiger charge is -2.15. The van der Waals surface area contributed by atoms with E-state index < -0.39 is 16.9 Å². The number of benzene rings is 3. The first-order valence-electron chi connectivity index (χ1n) is 10.4. The van der Waals surface area contributed by atoms with Crippen LogP contribution >= 0.6 is 35.1 Å². The summed E-state index contributed by atoms with van der Waals surface area (Å²) in [5.41, 5.74) is 0.00166. The standard InChI is InChI=1S/C26H17ClFNO4S2/c1-34-18-10-11-19-20(12-18)29(13-14-2-6-16(28)7-3-14)25(31)21-22(30)24(26(32)33-23(19)21)35-17-8-4-15(27)5-9-17/h2-12,30H,13H2,1H3. The Morgan fingerprint density at radius 3 is 2.37 bits per heavy atom. The number of hydrogen-bond donors (Lipinski definition) is 1. The van der Waals surface area contributed by atoms with Gasteiger partial charge in [0.15, 0.2) is 11.3 Å². The summed E-state index contributed by atoms with van der Waals surface area (Å²) < 4.78 is 20.6. The summed E-state index contributed by atoms with van der Waals surface area (Å²) in [6.07, 6.45) is 1.91. The number of pyridine rings is 1. The Bertz CT molecular complexity index is 1700. The van der Waals surface area contributed by atoms with Crippen LogP contribution in [0.5, 0.6) is 5.75 Å². The molecule has 5 rings (SSSR count). The van der Waals surface area contributed by atoms with Gasteiger partial charge in [0.1, 0.15) is 16.1 Å². The number of fused-ring (bicyclic) bond motifs is 3. The molecular weight excluding hydrogens is 509 g/mol. The molecule has 5 nitrogen and oxygen atoms in total. The Kier molecular flexibility index (Phi) is 6.35. The average molecular weight is 526 g/mol. The van der Waals surface area contributed by atoms with Crippen molar-refractivity contribution in [1.29, 1.82) is 0 Å². The van der Waals surface area contributed by atoms with Crippen molar-refractivity contribution in [1.82, 2.24) is 4.57 Å². The van der Waals surface area contributed by atoms with E-state index in [2.05, 4.69) is 0 Å². The summed E-state index contributed by atoms with van der Waals surface area (Å²) in [4.78, 5) is 28.1. The Labute approximate surface area is 212 Å². The monoisotopic (exact) mass is 525 g/mol. The van der Waals surface area contributed by atoms with Gasteiger partial charge in [-0.2, -0.15) is 0 Å². The van der Waals surface area contributed by atoms with Gasteiger partial charge in [-0.25, -0.2) is 9.18 Å². The van der Waals surface area contributed by atoms with Crippen LogP contribution in [0.4, 0.5) is 4.39 Å². The minimum Gasteiger partial charge on any atom is -0.505 e. The molecule has 0 spiro atoms. The molecule has 0 saturated heterocycles.